The molecule has 1 saturated heterocycles. The lowest BCUT2D eigenvalue weighted by Crippen LogP contribution is -2.50. The second kappa shape index (κ2) is 10.4. The first kappa shape index (κ1) is 20.6. The van der Waals surface area contributed by atoms with E-state index in [4.69, 9.17) is 0 Å². The van der Waals surface area contributed by atoms with Crippen LogP contribution >= 0.6 is 11.3 Å². The summed E-state index contributed by atoms with van der Waals surface area (Å²) in [6.07, 6.45) is 2.47. The summed E-state index contributed by atoms with van der Waals surface area (Å²) in [5.74, 6) is 0.231. The number of likely N-dealkylation sites (tertiary alicyclic amines) is 1. The van der Waals surface area contributed by atoms with Crippen LogP contribution in [0.2, 0.25) is 0 Å². The number of nitrogens with zero attached hydrogens (tertiary/aromatic N) is 1. The van der Waals surface area contributed by atoms with Gasteiger partial charge < -0.3 is 10.6 Å². The molecule has 0 spiro atoms. The molecule has 1 unspecified atom stereocenters. The first-order valence-electron chi connectivity index (χ1n) is 9.99. The fraction of sp³-hybridized carbons (Fsp3) is 0.455. The number of carbonyl (C=O) groups is 2. The van der Waals surface area contributed by atoms with Gasteiger partial charge in [0.2, 0.25) is 11.8 Å². The molecule has 2 amide bonds. The Bertz CT molecular complexity index is 740. The standard InChI is InChI=1S/C22H29N3O2S/c1-17(21(26)23-12-9-20-8-5-15-28-20)25-13-10-19(11-14-25)22(27)24-16-18-6-3-2-4-7-18/h2-8,15,17,19H,9-14,16H2,1H3,(H,23,26)(H,24,27). The Morgan fingerprint density at radius 3 is 2.54 bits per heavy atom. The molecule has 0 saturated carbocycles. The lowest BCUT2D eigenvalue weighted by atomic mass is 9.94. The third kappa shape index (κ3) is 5.91. The molecule has 2 heterocycles. The molecule has 1 aromatic heterocycles. The van der Waals surface area contributed by atoms with Gasteiger partial charge in [0.25, 0.3) is 0 Å². The predicted octanol–water partition coefficient (Wildman–Crippen LogP) is 2.82. The maximum absolute atomic E-state index is 12.4. The van der Waals surface area contributed by atoms with Crippen LogP contribution in [0.15, 0.2) is 47.8 Å². The first-order valence-corrected chi connectivity index (χ1v) is 10.9. The first-order chi connectivity index (χ1) is 13.6. The normalized spacial score (nSPS) is 16.5. The van der Waals surface area contributed by atoms with E-state index in [0.29, 0.717) is 13.1 Å². The van der Waals surface area contributed by atoms with Crippen molar-refractivity contribution in [1.29, 1.82) is 0 Å². The highest BCUT2D eigenvalue weighted by Gasteiger charge is 2.29. The zero-order chi connectivity index (χ0) is 19.8. The molecule has 0 bridgehead atoms. The van der Waals surface area contributed by atoms with Crippen molar-refractivity contribution in [2.45, 2.75) is 38.8 Å². The maximum Gasteiger partial charge on any atom is 0.237 e. The molecule has 28 heavy (non-hydrogen) atoms. The maximum atomic E-state index is 12.4. The second-order valence-electron chi connectivity index (χ2n) is 7.31. The Balaban J connectivity index is 1.36. The Morgan fingerprint density at radius 2 is 1.86 bits per heavy atom. The van der Waals surface area contributed by atoms with Gasteiger partial charge in [0.15, 0.2) is 0 Å². The van der Waals surface area contributed by atoms with Crippen LogP contribution < -0.4 is 10.6 Å². The topological polar surface area (TPSA) is 61.4 Å². The third-order valence-corrected chi connectivity index (χ3v) is 6.32. The Morgan fingerprint density at radius 1 is 1.11 bits per heavy atom. The second-order valence-corrected chi connectivity index (χ2v) is 8.34. The predicted molar refractivity (Wildman–Crippen MR) is 113 cm³/mol. The highest BCUT2D eigenvalue weighted by molar-refractivity contribution is 7.09. The van der Waals surface area contributed by atoms with E-state index in [1.165, 1.54) is 4.88 Å². The van der Waals surface area contributed by atoms with Gasteiger partial charge in [-0.3, -0.25) is 14.5 Å². The minimum Gasteiger partial charge on any atom is -0.354 e. The van der Waals surface area contributed by atoms with Gasteiger partial charge in [0.1, 0.15) is 0 Å². The number of amides is 2. The lowest BCUT2D eigenvalue weighted by Gasteiger charge is -2.34. The number of carbonyl (C=O) groups excluding carboxylic acids is 2. The van der Waals surface area contributed by atoms with E-state index >= 15 is 0 Å². The van der Waals surface area contributed by atoms with Gasteiger partial charge in [-0.1, -0.05) is 36.4 Å². The highest BCUT2D eigenvalue weighted by atomic mass is 32.1. The monoisotopic (exact) mass is 399 g/mol. The van der Waals surface area contributed by atoms with Crippen molar-refractivity contribution >= 4 is 23.2 Å². The SMILES string of the molecule is CC(C(=O)NCCc1cccs1)N1CCC(C(=O)NCc2ccccc2)CC1. The molecular weight excluding hydrogens is 370 g/mol. The summed E-state index contributed by atoms with van der Waals surface area (Å²) in [6, 6.07) is 13.9. The summed E-state index contributed by atoms with van der Waals surface area (Å²) in [6.45, 7) is 4.76. The fourth-order valence-corrected chi connectivity index (χ4v) is 4.26. The van der Waals surface area contributed by atoms with Gasteiger partial charge in [-0.2, -0.15) is 0 Å². The van der Waals surface area contributed by atoms with Gasteiger partial charge in [0, 0.05) is 23.9 Å². The largest absolute Gasteiger partial charge is 0.354 e. The van der Waals surface area contributed by atoms with Crippen LogP contribution in [0.3, 0.4) is 0 Å². The fourth-order valence-electron chi connectivity index (χ4n) is 3.56. The average molecular weight is 400 g/mol. The van der Waals surface area contributed by atoms with Gasteiger partial charge in [-0.15, -0.1) is 11.3 Å². The molecule has 0 radical (unpaired) electrons. The molecule has 3 rings (SSSR count). The van der Waals surface area contributed by atoms with Gasteiger partial charge in [-0.25, -0.2) is 0 Å². The summed E-state index contributed by atoms with van der Waals surface area (Å²) in [5, 5.41) is 8.13. The van der Waals surface area contributed by atoms with Crippen molar-refractivity contribution in [1.82, 2.24) is 15.5 Å². The number of nitrogens with one attached hydrogen (secondary N) is 2. The summed E-state index contributed by atoms with van der Waals surface area (Å²) < 4.78 is 0. The zero-order valence-electron chi connectivity index (χ0n) is 16.4. The Labute approximate surface area is 171 Å². The van der Waals surface area contributed by atoms with Gasteiger partial charge in [0.05, 0.1) is 6.04 Å². The minimum atomic E-state index is -0.156. The van der Waals surface area contributed by atoms with Gasteiger partial charge in [-0.05, 0) is 56.3 Å². The molecule has 1 atom stereocenters. The molecule has 1 fully saturated rings. The van der Waals surface area contributed by atoms with E-state index in [0.717, 1.165) is 37.9 Å². The molecule has 1 aliphatic heterocycles. The quantitative estimate of drug-likeness (QED) is 0.718. The molecule has 5 nitrogen and oxygen atoms in total. The van der Waals surface area contributed by atoms with E-state index in [-0.39, 0.29) is 23.8 Å². The lowest BCUT2D eigenvalue weighted by molar-refractivity contribution is -0.128. The summed E-state index contributed by atoms with van der Waals surface area (Å²) in [7, 11) is 0. The number of thiophene rings is 1. The number of benzene rings is 1. The summed E-state index contributed by atoms with van der Waals surface area (Å²) in [4.78, 5) is 28.3. The molecule has 1 aliphatic rings. The van der Waals surface area contributed by atoms with E-state index in [9.17, 15) is 9.59 Å². The van der Waals surface area contributed by atoms with E-state index in [1.807, 2.05) is 43.3 Å². The number of hydrogen-bond donors (Lipinski definition) is 2. The van der Waals surface area contributed by atoms with Crippen LogP contribution in [0, 0.1) is 5.92 Å². The van der Waals surface area contributed by atoms with Crippen LogP contribution in [0.4, 0.5) is 0 Å². The summed E-state index contributed by atoms with van der Waals surface area (Å²) >= 11 is 1.72. The molecule has 6 heteroatoms. The van der Waals surface area contributed by atoms with E-state index < -0.39 is 0 Å². The van der Waals surface area contributed by atoms with Crippen molar-refractivity contribution in [3.8, 4) is 0 Å². The number of rotatable bonds is 8. The van der Waals surface area contributed by atoms with Crippen molar-refractivity contribution in [3.63, 3.8) is 0 Å². The number of hydrogen-bond acceptors (Lipinski definition) is 4. The Hall–Kier alpha value is -2.18. The summed E-state index contributed by atoms with van der Waals surface area (Å²) in [5.41, 5.74) is 1.11. The van der Waals surface area contributed by atoms with Crippen LogP contribution in [0.25, 0.3) is 0 Å². The van der Waals surface area contributed by atoms with E-state index in [2.05, 4.69) is 27.0 Å². The molecule has 150 valence electrons. The smallest absolute Gasteiger partial charge is 0.237 e. The van der Waals surface area contributed by atoms with Crippen LogP contribution in [-0.4, -0.2) is 42.4 Å². The van der Waals surface area contributed by atoms with Crippen LogP contribution in [-0.2, 0) is 22.6 Å². The molecule has 0 aliphatic carbocycles. The van der Waals surface area contributed by atoms with Crippen LogP contribution in [0.1, 0.15) is 30.2 Å². The third-order valence-electron chi connectivity index (χ3n) is 5.39. The van der Waals surface area contributed by atoms with Crippen molar-refractivity contribution in [2.24, 2.45) is 5.92 Å². The van der Waals surface area contributed by atoms with Crippen LogP contribution in [0.5, 0.6) is 0 Å². The van der Waals surface area contributed by atoms with Crippen molar-refractivity contribution in [2.75, 3.05) is 19.6 Å². The highest BCUT2D eigenvalue weighted by Crippen LogP contribution is 2.19. The minimum absolute atomic E-state index is 0.0362. The van der Waals surface area contributed by atoms with Crippen molar-refractivity contribution < 1.29 is 9.59 Å². The van der Waals surface area contributed by atoms with Gasteiger partial charge >= 0.3 is 0 Å². The molecular formula is C22H29N3O2S. The molecule has 1 aromatic carbocycles. The zero-order valence-corrected chi connectivity index (χ0v) is 17.2. The van der Waals surface area contributed by atoms with Crippen molar-refractivity contribution in [3.05, 3.63) is 58.3 Å². The average Bonchev–Trinajstić information content (AvgIpc) is 3.26. The van der Waals surface area contributed by atoms with E-state index in [1.54, 1.807) is 11.3 Å². The molecule has 2 N–H and O–H groups in total. The Kier molecular flexibility index (Phi) is 7.62. The number of piperidine rings is 1. The molecule has 2 aromatic rings.